The lowest BCUT2D eigenvalue weighted by Crippen LogP contribution is -2.17. The molecular formula is C25H23NO. The summed E-state index contributed by atoms with van der Waals surface area (Å²) in [6.07, 6.45) is 3.54. The number of ketones is 1. The van der Waals surface area contributed by atoms with Crippen molar-refractivity contribution in [1.82, 2.24) is 4.90 Å². The topological polar surface area (TPSA) is 20.1 Å². The Morgan fingerprint density at radius 1 is 0.815 bits per heavy atom. The van der Waals surface area contributed by atoms with Gasteiger partial charge in [0, 0.05) is 0 Å². The summed E-state index contributed by atoms with van der Waals surface area (Å²) < 4.78 is 0. The molecule has 2 nitrogen and oxygen atoms in total. The van der Waals surface area contributed by atoms with Gasteiger partial charge in [-0.15, -0.1) is 0 Å². The van der Waals surface area contributed by atoms with Crippen LogP contribution in [0, 0.1) is 0 Å². The quantitative estimate of drug-likeness (QED) is 0.440. The average Bonchev–Trinajstić information content (AvgIpc) is 3.46. The van der Waals surface area contributed by atoms with E-state index in [-0.39, 0.29) is 23.9 Å². The predicted molar refractivity (Wildman–Crippen MR) is 109 cm³/mol. The third-order valence-corrected chi connectivity index (χ3v) is 5.14. The number of hydrogen-bond acceptors (Lipinski definition) is 2. The van der Waals surface area contributed by atoms with E-state index in [4.69, 9.17) is 0 Å². The molecule has 1 aliphatic heterocycles. The second kappa shape index (κ2) is 7.73. The second-order valence-electron chi connectivity index (χ2n) is 6.87. The van der Waals surface area contributed by atoms with Crippen LogP contribution in [0.2, 0.25) is 0 Å². The number of nitrogens with zero attached hydrogens (tertiary/aromatic N) is 1. The third-order valence-electron chi connectivity index (χ3n) is 5.14. The van der Waals surface area contributed by atoms with E-state index < -0.39 is 0 Å². The van der Waals surface area contributed by atoms with Crippen LogP contribution >= 0.6 is 0 Å². The fraction of sp³-hybridized carbons (Fsp3) is 0.160. The van der Waals surface area contributed by atoms with Gasteiger partial charge in [0.15, 0.2) is 5.78 Å². The normalized spacial score (nSPS) is 21.5. The molecule has 1 aliphatic rings. The van der Waals surface area contributed by atoms with Gasteiger partial charge in [-0.3, -0.25) is 9.69 Å². The van der Waals surface area contributed by atoms with Crippen LogP contribution in [-0.2, 0) is 4.79 Å². The van der Waals surface area contributed by atoms with Crippen LogP contribution < -0.4 is 0 Å². The molecule has 3 atom stereocenters. The van der Waals surface area contributed by atoms with Crippen molar-refractivity contribution in [3.05, 3.63) is 120 Å². The molecule has 1 fully saturated rings. The van der Waals surface area contributed by atoms with E-state index in [1.807, 2.05) is 43.3 Å². The van der Waals surface area contributed by atoms with Crippen LogP contribution in [0.15, 0.2) is 103 Å². The molecule has 3 aromatic rings. The zero-order valence-electron chi connectivity index (χ0n) is 15.4. The largest absolute Gasteiger partial charge is 0.293 e. The van der Waals surface area contributed by atoms with E-state index in [1.165, 1.54) is 16.7 Å². The van der Waals surface area contributed by atoms with Gasteiger partial charge in [0.25, 0.3) is 0 Å². The highest BCUT2D eigenvalue weighted by atomic mass is 16.1. The molecule has 27 heavy (non-hydrogen) atoms. The van der Waals surface area contributed by atoms with Gasteiger partial charge in [-0.1, -0.05) is 97.1 Å². The summed E-state index contributed by atoms with van der Waals surface area (Å²) in [5.74, 6) is 0.170. The molecule has 3 unspecified atom stereocenters. The van der Waals surface area contributed by atoms with Crippen molar-refractivity contribution in [3.8, 4) is 0 Å². The molecule has 3 aromatic carbocycles. The maximum Gasteiger partial charge on any atom is 0.174 e. The van der Waals surface area contributed by atoms with Crippen LogP contribution in [0.3, 0.4) is 0 Å². The molecule has 0 spiro atoms. The first kappa shape index (κ1) is 17.4. The highest BCUT2D eigenvalue weighted by molar-refractivity contribution is 5.97. The van der Waals surface area contributed by atoms with Crippen LogP contribution in [0.25, 0.3) is 0 Å². The summed E-state index contributed by atoms with van der Waals surface area (Å²) >= 11 is 0. The van der Waals surface area contributed by atoms with Crippen molar-refractivity contribution < 1.29 is 4.79 Å². The summed E-state index contributed by atoms with van der Waals surface area (Å²) in [5, 5.41) is 0. The van der Waals surface area contributed by atoms with Gasteiger partial charge >= 0.3 is 0 Å². The van der Waals surface area contributed by atoms with Gasteiger partial charge in [-0.25, -0.2) is 0 Å². The molecule has 0 amide bonds. The predicted octanol–water partition coefficient (Wildman–Crippen LogP) is 5.35. The van der Waals surface area contributed by atoms with Crippen molar-refractivity contribution in [2.24, 2.45) is 0 Å². The first-order chi connectivity index (χ1) is 13.3. The minimum atomic E-state index is -0.131. The lowest BCUT2D eigenvalue weighted by atomic mass is 9.98. The number of hydrogen-bond donors (Lipinski definition) is 0. The number of benzene rings is 3. The molecule has 2 heteroatoms. The third kappa shape index (κ3) is 3.49. The molecule has 4 rings (SSSR count). The van der Waals surface area contributed by atoms with E-state index in [0.717, 1.165) is 0 Å². The number of allylic oxidation sites excluding steroid dienone is 1. The van der Waals surface area contributed by atoms with Crippen LogP contribution in [0.4, 0.5) is 0 Å². The van der Waals surface area contributed by atoms with Crippen LogP contribution in [0.5, 0.6) is 0 Å². The Hall–Kier alpha value is -2.97. The van der Waals surface area contributed by atoms with Crippen LogP contribution in [0.1, 0.15) is 35.7 Å². The number of carbonyl (C=O) groups is 1. The van der Waals surface area contributed by atoms with Crippen molar-refractivity contribution in [3.63, 3.8) is 0 Å². The smallest absolute Gasteiger partial charge is 0.174 e. The minimum absolute atomic E-state index is 0.0526. The molecule has 0 N–H and O–H groups in total. The van der Waals surface area contributed by atoms with Crippen molar-refractivity contribution in [2.45, 2.75) is 25.0 Å². The summed E-state index contributed by atoms with van der Waals surface area (Å²) in [4.78, 5) is 15.2. The van der Waals surface area contributed by atoms with Gasteiger partial charge in [-0.05, 0) is 29.7 Å². The maximum atomic E-state index is 12.8. The molecule has 0 bridgehead atoms. The minimum Gasteiger partial charge on any atom is -0.293 e. The Labute approximate surface area is 160 Å². The van der Waals surface area contributed by atoms with Gasteiger partial charge in [0.1, 0.15) is 0 Å². The summed E-state index contributed by atoms with van der Waals surface area (Å²) in [6.45, 7) is 1.90. The lowest BCUT2D eigenvalue weighted by Gasteiger charge is -2.21. The van der Waals surface area contributed by atoms with Gasteiger partial charge < -0.3 is 0 Å². The molecule has 134 valence electrons. The fourth-order valence-corrected chi connectivity index (χ4v) is 3.95. The molecule has 1 saturated heterocycles. The Kier molecular flexibility index (Phi) is 4.99. The average molecular weight is 353 g/mol. The SMILES string of the molecule is C/C=C/C(=O)C1C(c2ccccc2)N1C(c1ccccc1)c1ccccc1. The molecule has 0 radical (unpaired) electrons. The van der Waals surface area contributed by atoms with Gasteiger partial charge in [-0.2, -0.15) is 0 Å². The fourth-order valence-electron chi connectivity index (χ4n) is 3.95. The molecular weight excluding hydrogens is 330 g/mol. The van der Waals surface area contributed by atoms with E-state index in [9.17, 15) is 4.79 Å². The highest BCUT2D eigenvalue weighted by Crippen LogP contribution is 2.52. The first-order valence-corrected chi connectivity index (χ1v) is 9.40. The van der Waals surface area contributed by atoms with E-state index in [0.29, 0.717) is 0 Å². The van der Waals surface area contributed by atoms with E-state index in [2.05, 4.69) is 65.6 Å². The van der Waals surface area contributed by atoms with E-state index >= 15 is 0 Å². The summed E-state index contributed by atoms with van der Waals surface area (Å²) in [7, 11) is 0. The summed E-state index contributed by atoms with van der Waals surface area (Å²) in [5.41, 5.74) is 3.61. The van der Waals surface area contributed by atoms with Gasteiger partial charge in [0.05, 0.1) is 18.1 Å². The Morgan fingerprint density at radius 2 is 1.30 bits per heavy atom. The lowest BCUT2D eigenvalue weighted by molar-refractivity contribution is -0.115. The Morgan fingerprint density at radius 3 is 1.78 bits per heavy atom. The second-order valence-corrected chi connectivity index (χ2v) is 6.87. The first-order valence-electron chi connectivity index (χ1n) is 9.40. The highest BCUT2D eigenvalue weighted by Gasteiger charge is 2.55. The molecule has 0 aromatic heterocycles. The Bertz CT molecular complexity index is 879. The number of rotatable bonds is 6. The molecule has 1 heterocycles. The zero-order valence-corrected chi connectivity index (χ0v) is 15.4. The zero-order chi connectivity index (χ0) is 18.6. The maximum absolute atomic E-state index is 12.8. The van der Waals surface area contributed by atoms with Crippen molar-refractivity contribution in [1.29, 1.82) is 0 Å². The van der Waals surface area contributed by atoms with Gasteiger partial charge in [0.2, 0.25) is 0 Å². The van der Waals surface area contributed by atoms with Crippen molar-refractivity contribution >= 4 is 5.78 Å². The monoisotopic (exact) mass is 353 g/mol. The molecule has 0 saturated carbocycles. The van der Waals surface area contributed by atoms with E-state index in [1.54, 1.807) is 6.08 Å². The molecule has 0 aliphatic carbocycles. The van der Waals surface area contributed by atoms with Crippen molar-refractivity contribution in [2.75, 3.05) is 0 Å². The summed E-state index contributed by atoms with van der Waals surface area (Å²) in [6, 6.07) is 31.3. The Balaban J connectivity index is 1.79. The van der Waals surface area contributed by atoms with Crippen LogP contribution in [-0.4, -0.2) is 16.7 Å². The standard InChI is InChI=1S/C25H23NO/c1-2-12-22(27)25-24(21-17-10-5-11-18-21)26(25)23(19-13-6-3-7-14-19)20-15-8-4-9-16-20/h2-18,23-25H,1H3/b12-2+. The number of carbonyl (C=O) groups excluding carboxylic acids is 1.